The molecule has 0 saturated heterocycles. The van der Waals surface area contributed by atoms with Crippen LogP contribution in [0.4, 0.5) is 13.2 Å². The van der Waals surface area contributed by atoms with Crippen molar-refractivity contribution in [2.24, 2.45) is 5.92 Å². The highest BCUT2D eigenvalue weighted by Crippen LogP contribution is 2.37. The largest absolute Gasteiger partial charge is 0.416 e. The SMILES string of the molecule is CC(C)C(=O)c1cn(-c2c(Cl)cc(C(F)(F)F)cc2Cl)nc1C#N. The molecule has 0 atom stereocenters. The minimum absolute atomic E-state index is 0.0364. The van der Waals surface area contributed by atoms with Crippen molar-refractivity contribution in [2.45, 2.75) is 20.0 Å². The van der Waals surface area contributed by atoms with E-state index in [0.29, 0.717) is 12.1 Å². The first-order valence-electron chi connectivity index (χ1n) is 6.66. The van der Waals surface area contributed by atoms with Crippen molar-refractivity contribution < 1.29 is 18.0 Å². The summed E-state index contributed by atoms with van der Waals surface area (Å²) in [5.74, 6) is -0.703. The van der Waals surface area contributed by atoms with E-state index in [0.717, 1.165) is 4.68 Å². The number of nitrogens with zero attached hydrogens (tertiary/aromatic N) is 3. The number of alkyl halides is 3. The normalized spacial score (nSPS) is 11.6. The third-order valence-corrected chi connectivity index (χ3v) is 3.76. The quantitative estimate of drug-likeness (QED) is 0.716. The van der Waals surface area contributed by atoms with Gasteiger partial charge in [0.2, 0.25) is 0 Å². The van der Waals surface area contributed by atoms with Crippen LogP contribution in [-0.2, 0) is 6.18 Å². The number of nitriles is 1. The fourth-order valence-electron chi connectivity index (χ4n) is 2.01. The Morgan fingerprint density at radius 3 is 2.25 bits per heavy atom. The molecule has 0 radical (unpaired) electrons. The van der Waals surface area contributed by atoms with E-state index in [1.165, 1.54) is 6.20 Å². The second-order valence-corrected chi connectivity index (χ2v) is 6.07. The fraction of sp³-hybridized carbons (Fsp3) is 0.267. The van der Waals surface area contributed by atoms with Crippen LogP contribution in [0.5, 0.6) is 0 Å². The molecule has 4 nitrogen and oxygen atoms in total. The molecule has 2 rings (SSSR count). The van der Waals surface area contributed by atoms with Crippen LogP contribution in [0.1, 0.15) is 35.5 Å². The van der Waals surface area contributed by atoms with Gasteiger partial charge in [0.15, 0.2) is 11.5 Å². The van der Waals surface area contributed by atoms with Gasteiger partial charge in [-0.3, -0.25) is 4.79 Å². The molecule has 9 heteroatoms. The second-order valence-electron chi connectivity index (χ2n) is 5.25. The molecule has 0 fully saturated rings. The van der Waals surface area contributed by atoms with Crippen molar-refractivity contribution in [1.29, 1.82) is 5.26 Å². The molecule has 2 aromatic rings. The number of aromatic nitrogens is 2. The molecule has 0 saturated carbocycles. The van der Waals surface area contributed by atoms with Crippen molar-refractivity contribution in [3.63, 3.8) is 0 Å². The molecule has 0 unspecified atom stereocenters. The van der Waals surface area contributed by atoms with Crippen molar-refractivity contribution in [2.75, 3.05) is 0 Å². The van der Waals surface area contributed by atoms with E-state index < -0.39 is 11.7 Å². The zero-order valence-corrected chi connectivity index (χ0v) is 14.0. The van der Waals surface area contributed by atoms with Gasteiger partial charge in [-0.15, -0.1) is 0 Å². The van der Waals surface area contributed by atoms with Crippen molar-refractivity contribution in [3.8, 4) is 11.8 Å². The summed E-state index contributed by atoms with van der Waals surface area (Å²) in [6, 6.07) is 3.19. The van der Waals surface area contributed by atoms with Gasteiger partial charge >= 0.3 is 6.18 Å². The molecule has 0 spiro atoms. The van der Waals surface area contributed by atoms with Crippen LogP contribution in [0.3, 0.4) is 0 Å². The molecule has 1 aromatic heterocycles. The number of benzene rings is 1. The molecule has 126 valence electrons. The molecule has 1 heterocycles. The lowest BCUT2D eigenvalue weighted by Gasteiger charge is -2.12. The summed E-state index contributed by atoms with van der Waals surface area (Å²) >= 11 is 11.8. The Morgan fingerprint density at radius 2 is 1.83 bits per heavy atom. The first-order chi connectivity index (χ1) is 11.1. The molecule has 0 aliphatic rings. The summed E-state index contributed by atoms with van der Waals surface area (Å²) < 4.78 is 39.4. The van der Waals surface area contributed by atoms with E-state index >= 15 is 0 Å². The monoisotopic (exact) mass is 375 g/mol. The smallest absolute Gasteiger partial charge is 0.294 e. The van der Waals surface area contributed by atoms with Crippen LogP contribution in [0.15, 0.2) is 18.3 Å². The van der Waals surface area contributed by atoms with Gasteiger partial charge in [0, 0.05) is 12.1 Å². The van der Waals surface area contributed by atoms with Crippen LogP contribution in [0.25, 0.3) is 5.69 Å². The van der Waals surface area contributed by atoms with Crippen LogP contribution in [-0.4, -0.2) is 15.6 Å². The van der Waals surface area contributed by atoms with Crippen molar-refractivity contribution >= 4 is 29.0 Å². The summed E-state index contributed by atoms with van der Waals surface area (Å²) in [6.07, 6.45) is -3.37. The Kier molecular flexibility index (Phi) is 4.92. The first kappa shape index (κ1) is 18.3. The molecular weight excluding hydrogens is 366 g/mol. The molecule has 24 heavy (non-hydrogen) atoms. The molecule has 0 amide bonds. The Hall–Kier alpha value is -2.04. The maximum atomic E-state index is 12.8. The van der Waals surface area contributed by atoms with E-state index in [-0.39, 0.29) is 38.7 Å². The maximum absolute atomic E-state index is 12.8. The molecule has 1 aromatic carbocycles. The van der Waals surface area contributed by atoms with E-state index in [2.05, 4.69) is 5.10 Å². The Bertz CT molecular complexity index is 828. The zero-order valence-electron chi connectivity index (χ0n) is 12.4. The van der Waals surface area contributed by atoms with Crippen LogP contribution >= 0.6 is 23.2 Å². The second kappa shape index (κ2) is 6.46. The van der Waals surface area contributed by atoms with Gasteiger partial charge in [-0.25, -0.2) is 4.68 Å². The van der Waals surface area contributed by atoms with Gasteiger partial charge < -0.3 is 0 Å². The molecule has 0 bridgehead atoms. The molecular formula is C15H10Cl2F3N3O. The van der Waals surface area contributed by atoms with Gasteiger partial charge in [0.25, 0.3) is 0 Å². The van der Waals surface area contributed by atoms with Gasteiger partial charge in [-0.05, 0) is 12.1 Å². The topological polar surface area (TPSA) is 58.7 Å². The number of ketones is 1. The minimum atomic E-state index is -4.60. The Morgan fingerprint density at radius 1 is 1.29 bits per heavy atom. The van der Waals surface area contributed by atoms with Gasteiger partial charge in [-0.2, -0.15) is 23.5 Å². The predicted octanol–water partition coefficient (Wildman–Crippen LogP) is 4.91. The molecule has 0 aliphatic heterocycles. The highest BCUT2D eigenvalue weighted by Gasteiger charge is 2.32. The Labute approximate surface area is 145 Å². The summed E-state index contributed by atoms with van der Waals surface area (Å²) in [5.41, 5.74) is -1.14. The third kappa shape index (κ3) is 3.40. The summed E-state index contributed by atoms with van der Waals surface area (Å²) in [4.78, 5) is 12.1. The highest BCUT2D eigenvalue weighted by atomic mass is 35.5. The first-order valence-corrected chi connectivity index (χ1v) is 7.42. The lowest BCUT2D eigenvalue weighted by atomic mass is 10.0. The number of carbonyl (C=O) groups is 1. The predicted molar refractivity (Wildman–Crippen MR) is 82.5 cm³/mol. The van der Waals surface area contributed by atoms with Crippen molar-refractivity contribution in [1.82, 2.24) is 9.78 Å². The minimum Gasteiger partial charge on any atom is -0.294 e. The van der Waals surface area contributed by atoms with E-state index in [1.54, 1.807) is 19.9 Å². The lowest BCUT2D eigenvalue weighted by molar-refractivity contribution is -0.137. The number of hydrogen-bond acceptors (Lipinski definition) is 3. The van der Waals surface area contributed by atoms with Crippen LogP contribution in [0, 0.1) is 17.2 Å². The maximum Gasteiger partial charge on any atom is 0.416 e. The van der Waals surface area contributed by atoms with Crippen molar-refractivity contribution in [3.05, 3.63) is 45.2 Å². The van der Waals surface area contributed by atoms with Gasteiger partial charge in [0.05, 0.1) is 21.2 Å². The molecule has 0 aliphatic carbocycles. The Balaban J connectivity index is 2.62. The number of Topliss-reactive ketones (excluding diaryl/α,β-unsaturated/α-hetero) is 1. The van der Waals surface area contributed by atoms with Gasteiger partial charge in [0.1, 0.15) is 11.8 Å². The number of rotatable bonds is 3. The molecule has 0 N–H and O–H groups in total. The standard InChI is InChI=1S/C15H10Cl2F3N3O/c1-7(2)14(24)9-6-23(22-12(9)5-21)13-10(16)3-8(4-11(13)17)15(18,19)20/h3-4,6-7H,1-2H3. The lowest BCUT2D eigenvalue weighted by Crippen LogP contribution is -2.08. The number of hydrogen-bond donors (Lipinski definition) is 0. The van der Waals surface area contributed by atoms with E-state index in [4.69, 9.17) is 28.5 Å². The summed E-state index contributed by atoms with van der Waals surface area (Å²) in [6.45, 7) is 3.30. The van der Waals surface area contributed by atoms with Crippen LogP contribution < -0.4 is 0 Å². The zero-order chi connectivity index (χ0) is 18.2. The van der Waals surface area contributed by atoms with E-state index in [1.807, 2.05) is 0 Å². The third-order valence-electron chi connectivity index (χ3n) is 3.18. The average molecular weight is 376 g/mol. The van der Waals surface area contributed by atoms with Crippen LogP contribution in [0.2, 0.25) is 10.0 Å². The number of carbonyl (C=O) groups excluding carboxylic acids is 1. The van der Waals surface area contributed by atoms with E-state index in [9.17, 15) is 18.0 Å². The van der Waals surface area contributed by atoms with Gasteiger partial charge in [-0.1, -0.05) is 37.0 Å². The fourth-order valence-corrected chi connectivity index (χ4v) is 2.67. The summed E-state index contributed by atoms with van der Waals surface area (Å²) in [7, 11) is 0. The average Bonchev–Trinajstić information content (AvgIpc) is 2.88. The number of halogens is 5. The summed E-state index contributed by atoms with van der Waals surface area (Å²) in [5, 5.41) is 12.4. The highest BCUT2D eigenvalue weighted by molar-refractivity contribution is 6.37.